The first-order valence-electron chi connectivity index (χ1n) is 5.81. The van der Waals surface area contributed by atoms with Crippen molar-refractivity contribution in [2.75, 3.05) is 11.9 Å². The molecule has 0 radical (unpaired) electrons. The molecular weight excluding hydrogens is 306 g/mol. The van der Waals surface area contributed by atoms with Gasteiger partial charge in [0, 0.05) is 22.9 Å². The smallest absolute Gasteiger partial charge is 0.335 e. The topological polar surface area (TPSA) is 40.5 Å². The first kappa shape index (κ1) is 13.6. The number of carboxylic acid groups (broad SMARTS) is 1. The van der Waals surface area contributed by atoms with Crippen LogP contribution in [0, 0.1) is 6.92 Å². The van der Waals surface area contributed by atoms with Gasteiger partial charge in [0.1, 0.15) is 0 Å². The summed E-state index contributed by atoms with van der Waals surface area (Å²) in [7, 11) is 1.91. The SMILES string of the molecule is Cc1ccc(N(C)c2cc(Br)cc(C(=O)O)c2)cc1. The fourth-order valence-electron chi connectivity index (χ4n) is 1.81. The molecule has 0 spiro atoms. The maximum Gasteiger partial charge on any atom is 0.335 e. The predicted octanol–water partition coefficient (Wildman–Crippen LogP) is 4.22. The van der Waals surface area contributed by atoms with Gasteiger partial charge in [0.15, 0.2) is 0 Å². The van der Waals surface area contributed by atoms with E-state index >= 15 is 0 Å². The van der Waals surface area contributed by atoms with E-state index in [9.17, 15) is 4.79 Å². The molecule has 0 amide bonds. The van der Waals surface area contributed by atoms with E-state index in [1.807, 2.05) is 49.2 Å². The third-order valence-corrected chi connectivity index (χ3v) is 3.40. The molecule has 0 aliphatic carbocycles. The Balaban J connectivity index is 2.40. The monoisotopic (exact) mass is 319 g/mol. The highest BCUT2D eigenvalue weighted by Gasteiger charge is 2.10. The van der Waals surface area contributed by atoms with E-state index in [4.69, 9.17) is 5.11 Å². The highest BCUT2D eigenvalue weighted by atomic mass is 79.9. The number of carboxylic acids is 1. The third-order valence-electron chi connectivity index (χ3n) is 2.94. The van der Waals surface area contributed by atoms with Crippen LogP contribution in [-0.4, -0.2) is 18.1 Å². The molecule has 3 nitrogen and oxygen atoms in total. The van der Waals surface area contributed by atoms with E-state index in [1.165, 1.54) is 5.56 Å². The van der Waals surface area contributed by atoms with Gasteiger partial charge in [-0.15, -0.1) is 0 Å². The summed E-state index contributed by atoms with van der Waals surface area (Å²) in [5.41, 5.74) is 3.30. The van der Waals surface area contributed by atoms with Crippen molar-refractivity contribution in [1.82, 2.24) is 0 Å². The molecule has 0 atom stereocenters. The van der Waals surface area contributed by atoms with Crippen LogP contribution < -0.4 is 4.90 Å². The number of aryl methyl sites for hydroxylation is 1. The Labute approximate surface area is 120 Å². The van der Waals surface area contributed by atoms with Gasteiger partial charge in [0.2, 0.25) is 0 Å². The number of hydrogen-bond acceptors (Lipinski definition) is 2. The second-order valence-corrected chi connectivity index (χ2v) is 5.31. The van der Waals surface area contributed by atoms with Gasteiger partial charge in [-0.25, -0.2) is 4.79 Å². The molecule has 1 N–H and O–H groups in total. The minimum atomic E-state index is -0.931. The molecule has 98 valence electrons. The van der Waals surface area contributed by atoms with Crippen LogP contribution in [0.15, 0.2) is 46.9 Å². The summed E-state index contributed by atoms with van der Waals surface area (Å²) < 4.78 is 0.751. The maximum atomic E-state index is 11.1. The van der Waals surface area contributed by atoms with E-state index in [-0.39, 0.29) is 5.56 Å². The molecule has 0 saturated carbocycles. The molecule has 2 aromatic rings. The normalized spacial score (nSPS) is 10.3. The van der Waals surface area contributed by atoms with Gasteiger partial charge in [-0.2, -0.15) is 0 Å². The lowest BCUT2D eigenvalue weighted by atomic mass is 10.1. The zero-order valence-corrected chi connectivity index (χ0v) is 12.3. The van der Waals surface area contributed by atoms with Crippen LogP contribution in [0.2, 0.25) is 0 Å². The van der Waals surface area contributed by atoms with E-state index < -0.39 is 5.97 Å². The standard InChI is InChI=1S/C15H14BrNO2/c1-10-3-5-13(6-4-10)17(2)14-8-11(15(18)19)7-12(16)9-14/h3-9H,1-2H3,(H,18,19). The quantitative estimate of drug-likeness (QED) is 0.920. The zero-order valence-electron chi connectivity index (χ0n) is 10.7. The largest absolute Gasteiger partial charge is 0.478 e. The molecule has 0 saturated heterocycles. The van der Waals surface area contributed by atoms with Gasteiger partial charge in [0.05, 0.1) is 5.56 Å². The second kappa shape index (κ2) is 5.45. The summed E-state index contributed by atoms with van der Waals surface area (Å²) in [5, 5.41) is 9.08. The molecule has 0 aliphatic heterocycles. The summed E-state index contributed by atoms with van der Waals surface area (Å²) in [6.45, 7) is 2.03. The number of anilines is 2. The molecule has 0 unspecified atom stereocenters. The van der Waals surface area contributed by atoms with Crippen molar-refractivity contribution in [2.45, 2.75) is 6.92 Å². The molecular formula is C15H14BrNO2. The van der Waals surface area contributed by atoms with Gasteiger partial charge < -0.3 is 10.0 Å². The fraction of sp³-hybridized carbons (Fsp3) is 0.133. The number of aromatic carboxylic acids is 1. The van der Waals surface area contributed by atoms with E-state index in [1.54, 1.807) is 12.1 Å². The Hall–Kier alpha value is -1.81. The lowest BCUT2D eigenvalue weighted by molar-refractivity contribution is 0.0697. The summed E-state index contributed by atoms with van der Waals surface area (Å²) in [5.74, 6) is -0.931. The average molecular weight is 320 g/mol. The Morgan fingerprint density at radius 2 is 1.74 bits per heavy atom. The number of halogens is 1. The minimum Gasteiger partial charge on any atom is -0.478 e. The van der Waals surface area contributed by atoms with Gasteiger partial charge in [0.25, 0.3) is 0 Å². The molecule has 4 heteroatoms. The Kier molecular flexibility index (Phi) is 3.90. The second-order valence-electron chi connectivity index (χ2n) is 4.40. The lowest BCUT2D eigenvalue weighted by Gasteiger charge is -2.20. The van der Waals surface area contributed by atoms with Gasteiger partial charge in [-0.3, -0.25) is 0 Å². The highest BCUT2D eigenvalue weighted by molar-refractivity contribution is 9.10. The number of hydrogen-bond donors (Lipinski definition) is 1. The lowest BCUT2D eigenvalue weighted by Crippen LogP contribution is -2.10. The van der Waals surface area contributed by atoms with Gasteiger partial charge >= 0.3 is 5.97 Å². The summed E-state index contributed by atoms with van der Waals surface area (Å²) >= 11 is 3.34. The first-order valence-corrected chi connectivity index (χ1v) is 6.61. The Bertz CT molecular complexity index is 608. The summed E-state index contributed by atoms with van der Waals surface area (Å²) in [4.78, 5) is 13.0. The van der Waals surface area contributed by atoms with Gasteiger partial charge in [-0.05, 0) is 37.3 Å². The fourth-order valence-corrected chi connectivity index (χ4v) is 2.29. The van der Waals surface area contributed by atoms with Crippen LogP contribution in [0.3, 0.4) is 0 Å². The van der Waals surface area contributed by atoms with Crippen molar-refractivity contribution in [3.63, 3.8) is 0 Å². The number of benzene rings is 2. The predicted molar refractivity (Wildman–Crippen MR) is 80.3 cm³/mol. The first-order chi connectivity index (χ1) is 8.97. The van der Waals surface area contributed by atoms with E-state index in [0.717, 1.165) is 15.8 Å². The third kappa shape index (κ3) is 3.15. The molecule has 0 bridgehead atoms. The highest BCUT2D eigenvalue weighted by Crippen LogP contribution is 2.28. The van der Waals surface area contributed by atoms with Crippen LogP contribution in [0.4, 0.5) is 11.4 Å². The van der Waals surface area contributed by atoms with E-state index in [2.05, 4.69) is 15.9 Å². The van der Waals surface area contributed by atoms with Gasteiger partial charge in [-0.1, -0.05) is 33.6 Å². The van der Waals surface area contributed by atoms with Crippen LogP contribution in [0.25, 0.3) is 0 Å². The van der Waals surface area contributed by atoms with Crippen LogP contribution in [0.1, 0.15) is 15.9 Å². The van der Waals surface area contributed by atoms with Crippen molar-refractivity contribution in [3.05, 3.63) is 58.1 Å². The molecule has 0 aliphatic rings. The van der Waals surface area contributed by atoms with Crippen molar-refractivity contribution >= 4 is 33.3 Å². The summed E-state index contributed by atoms with van der Waals surface area (Å²) in [6.07, 6.45) is 0. The zero-order chi connectivity index (χ0) is 14.0. The Morgan fingerprint density at radius 3 is 2.32 bits per heavy atom. The molecule has 19 heavy (non-hydrogen) atoms. The number of nitrogens with zero attached hydrogens (tertiary/aromatic N) is 1. The van der Waals surface area contributed by atoms with Crippen LogP contribution >= 0.6 is 15.9 Å². The molecule has 2 aromatic carbocycles. The minimum absolute atomic E-state index is 0.267. The molecule has 0 heterocycles. The summed E-state index contributed by atoms with van der Waals surface area (Å²) in [6, 6.07) is 13.2. The van der Waals surface area contributed by atoms with Crippen LogP contribution in [-0.2, 0) is 0 Å². The van der Waals surface area contributed by atoms with Crippen molar-refractivity contribution in [1.29, 1.82) is 0 Å². The van der Waals surface area contributed by atoms with Crippen molar-refractivity contribution in [2.24, 2.45) is 0 Å². The number of rotatable bonds is 3. The van der Waals surface area contributed by atoms with Crippen LogP contribution in [0.5, 0.6) is 0 Å². The molecule has 0 aromatic heterocycles. The molecule has 0 fully saturated rings. The maximum absolute atomic E-state index is 11.1. The number of carbonyl (C=O) groups is 1. The van der Waals surface area contributed by atoms with E-state index in [0.29, 0.717) is 0 Å². The average Bonchev–Trinajstić information content (AvgIpc) is 2.38. The molecule has 2 rings (SSSR count). The van der Waals surface area contributed by atoms with Crippen molar-refractivity contribution in [3.8, 4) is 0 Å². The van der Waals surface area contributed by atoms with Crippen molar-refractivity contribution < 1.29 is 9.90 Å². The Morgan fingerprint density at radius 1 is 1.11 bits per heavy atom.